The molecule has 1 atom stereocenters. The zero-order valence-electron chi connectivity index (χ0n) is 13.0. The second-order valence-electron chi connectivity index (χ2n) is 5.02. The molecule has 1 aromatic rings. The molecular formula is C16H24FNO3. The summed E-state index contributed by atoms with van der Waals surface area (Å²) in [4.78, 5) is 14.2. The maximum atomic E-state index is 13.1. The van der Waals surface area contributed by atoms with Crippen LogP contribution in [-0.4, -0.2) is 57.2 Å². The van der Waals surface area contributed by atoms with Crippen LogP contribution in [0.5, 0.6) is 0 Å². The van der Waals surface area contributed by atoms with Crippen LogP contribution < -0.4 is 0 Å². The lowest BCUT2D eigenvalue weighted by molar-refractivity contribution is 0.0703. The minimum Gasteiger partial charge on any atom is -0.383 e. The molecule has 0 aromatic heterocycles. The van der Waals surface area contributed by atoms with Crippen molar-refractivity contribution in [1.29, 1.82) is 0 Å². The van der Waals surface area contributed by atoms with E-state index in [1.807, 2.05) is 6.92 Å². The summed E-state index contributed by atoms with van der Waals surface area (Å²) in [6.45, 7) is 4.58. The number of carbonyl (C=O) groups is 1. The first-order valence-corrected chi connectivity index (χ1v) is 7.09. The highest BCUT2D eigenvalue weighted by atomic mass is 19.1. The normalized spacial score (nSPS) is 12.6. The number of benzene rings is 1. The largest absolute Gasteiger partial charge is 0.383 e. The summed E-state index contributed by atoms with van der Waals surface area (Å²) >= 11 is 0. The van der Waals surface area contributed by atoms with Crippen molar-refractivity contribution in [2.24, 2.45) is 0 Å². The van der Waals surface area contributed by atoms with Gasteiger partial charge in [-0.3, -0.25) is 9.69 Å². The molecule has 1 unspecified atom stereocenters. The Labute approximate surface area is 125 Å². The van der Waals surface area contributed by atoms with Crippen molar-refractivity contribution in [3.63, 3.8) is 0 Å². The summed E-state index contributed by atoms with van der Waals surface area (Å²) in [5.41, 5.74) is 0.418. The molecule has 0 fully saturated rings. The molecule has 118 valence electrons. The van der Waals surface area contributed by atoms with Crippen molar-refractivity contribution >= 4 is 5.78 Å². The summed E-state index contributed by atoms with van der Waals surface area (Å²) in [6, 6.07) is 6.01. The van der Waals surface area contributed by atoms with Crippen molar-refractivity contribution < 1.29 is 18.7 Å². The summed E-state index contributed by atoms with van der Waals surface area (Å²) in [5.74, 6) is -0.439. The lowest BCUT2D eigenvalue weighted by Crippen LogP contribution is -2.39. The third-order valence-corrected chi connectivity index (χ3v) is 3.39. The highest BCUT2D eigenvalue weighted by Crippen LogP contribution is 2.09. The lowest BCUT2D eigenvalue weighted by Gasteiger charge is -2.28. The van der Waals surface area contributed by atoms with Gasteiger partial charge in [0.15, 0.2) is 5.78 Å². The number of rotatable bonds is 10. The second-order valence-corrected chi connectivity index (χ2v) is 5.02. The number of carbonyl (C=O) groups excluding carboxylic acids is 1. The Bertz CT molecular complexity index is 439. The van der Waals surface area contributed by atoms with E-state index in [1.165, 1.54) is 12.1 Å². The topological polar surface area (TPSA) is 38.8 Å². The van der Waals surface area contributed by atoms with Crippen molar-refractivity contribution in [2.75, 3.05) is 40.5 Å². The van der Waals surface area contributed by atoms with Crippen LogP contribution in [0.15, 0.2) is 24.3 Å². The van der Waals surface area contributed by atoms with E-state index in [9.17, 15) is 9.18 Å². The van der Waals surface area contributed by atoms with Crippen molar-refractivity contribution in [2.45, 2.75) is 19.4 Å². The maximum absolute atomic E-state index is 13.1. The fourth-order valence-corrected chi connectivity index (χ4v) is 2.16. The van der Waals surface area contributed by atoms with Gasteiger partial charge in [-0.1, -0.05) is 12.1 Å². The van der Waals surface area contributed by atoms with E-state index in [0.29, 0.717) is 31.7 Å². The molecule has 0 saturated carbocycles. The summed E-state index contributed by atoms with van der Waals surface area (Å²) < 4.78 is 23.4. The van der Waals surface area contributed by atoms with Gasteiger partial charge in [-0.05, 0) is 19.1 Å². The molecule has 0 radical (unpaired) electrons. The minimum atomic E-state index is -0.384. The number of hydrogen-bond acceptors (Lipinski definition) is 4. The van der Waals surface area contributed by atoms with Gasteiger partial charge in [-0.15, -0.1) is 0 Å². The molecule has 0 saturated heterocycles. The van der Waals surface area contributed by atoms with E-state index in [0.717, 1.165) is 6.54 Å². The van der Waals surface area contributed by atoms with Crippen LogP contribution in [0.2, 0.25) is 0 Å². The third-order valence-electron chi connectivity index (χ3n) is 3.39. The van der Waals surface area contributed by atoms with Gasteiger partial charge < -0.3 is 9.47 Å². The average Bonchev–Trinajstić information content (AvgIpc) is 2.47. The molecule has 0 aliphatic carbocycles. The standard InChI is InChI=1S/C16H24FNO3/c1-13(12-21-3)18(9-10-20-2)8-7-16(19)14-5-4-6-15(17)11-14/h4-6,11,13H,7-10,12H2,1-3H3. The molecular weight excluding hydrogens is 273 g/mol. The Balaban J connectivity index is 2.56. The molecule has 0 spiro atoms. The summed E-state index contributed by atoms with van der Waals surface area (Å²) in [6.07, 6.45) is 0.348. The maximum Gasteiger partial charge on any atom is 0.164 e. The number of methoxy groups -OCH3 is 2. The molecule has 0 bridgehead atoms. The molecule has 5 heteroatoms. The number of Topliss-reactive ketones (excluding diaryl/α,β-unsaturated/α-hetero) is 1. The Kier molecular flexibility index (Phi) is 8.12. The molecule has 0 N–H and O–H groups in total. The molecule has 0 amide bonds. The highest BCUT2D eigenvalue weighted by molar-refractivity contribution is 5.96. The first kappa shape index (κ1) is 17.8. The highest BCUT2D eigenvalue weighted by Gasteiger charge is 2.15. The number of ether oxygens (including phenoxy) is 2. The summed E-state index contributed by atoms with van der Waals surface area (Å²) in [5, 5.41) is 0. The first-order valence-electron chi connectivity index (χ1n) is 7.09. The van der Waals surface area contributed by atoms with E-state index < -0.39 is 0 Å². The smallest absolute Gasteiger partial charge is 0.164 e. The van der Waals surface area contributed by atoms with Crippen LogP contribution >= 0.6 is 0 Å². The number of nitrogens with zero attached hydrogens (tertiary/aromatic N) is 1. The molecule has 1 rings (SSSR count). The Morgan fingerprint density at radius 3 is 2.67 bits per heavy atom. The Morgan fingerprint density at radius 1 is 1.29 bits per heavy atom. The van der Waals surface area contributed by atoms with Gasteiger partial charge in [0.1, 0.15) is 5.82 Å². The molecule has 4 nitrogen and oxygen atoms in total. The monoisotopic (exact) mass is 297 g/mol. The lowest BCUT2D eigenvalue weighted by atomic mass is 10.1. The van der Waals surface area contributed by atoms with Crippen molar-refractivity contribution in [3.8, 4) is 0 Å². The zero-order valence-corrected chi connectivity index (χ0v) is 13.0. The Morgan fingerprint density at radius 2 is 2.05 bits per heavy atom. The number of hydrogen-bond donors (Lipinski definition) is 0. The van der Waals surface area contributed by atoms with Crippen LogP contribution in [-0.2, 0) is 9.47 Å². The van der Waals surface area contributed by atoms with Crippen LogP contribution in [0, 0.1) is 5.82 Å². The predicted molar refractivity (Wildman–Crippen MR) is 80.1 cm³/mol. The number of ketones is 1. The van der Waals surface area contributed by atoms with Gasteiger partial charge in [0.25, 0.3) is 0 Å². The van der Waals surface area contributed by atoms with Crippen molar-refractivity contribution in [1.82, 2.24) is 4.90 Å². The first-order chi connectivity index (χ1) is 10.1. The van der Waals surface area contributed by atoms with E-state index in [4.69, 9.17) is 9.47 Å². The van der Waals surface area contributed by atoms with Crippen LogP contribution in [0.3, 0.4) is 0 Å². The van der Waals surface area contributed by atoms with Crippen LogP contribution in [0.4, 0.5) is 4.39 Å². The van der Waals surface area contributed by atoms with Gasteiger partial charge in [-0.2, -0.15) is 0 Å². The third kappa shape index (κ3) is 6.33. The van der Waals surface area contributed by atoms with Gasteiger partial charge in [0, 0.05) is 45.3 Å². The fourth-order valence-electron chi connectivity index (χ4n) is 2.16. The van der Waals surface area contributed by atoms with Crippen LogP contribution in [0.25, 0.3) is 0 Å². The van der Waals surface area contributed by atoms with E-state index in [2.05, 4.69) is 4.90 Å². The zero-order chi connectivity index (χ0) is 15.7. The summed E-state index contributed by atoms with van der Waals surface area (Å²) in [7, 11) is 3.31. The SMILES string of the molecule is COCCN(CCC(=O)c1cccc(F)c1)C(C)COC. The van der Waals surface area contributed by atoms with Gasteiger partial charge in [0.2, 0.25) is 0 Å². The quantitative estimate of drug-likeness (QED) is 0.622. The molecule has 1 aromatic carbocycles. The molecule has 0 aliphatic heterocycles. The molecule has 0 aliphatic rings. The average molecular weight is 297 g/mol. The van der Waals surface area contributed by atoms with E-state index in [1.54, 1.807) is 26.4 Å². The minimum absolute atomic E-state index is 0.0541. The predicted octanol–water partition coefficient (Wildman–Crippen LogP) is 2.38. The number of halogens is 1. The van der Waals surface area contributed by atoms with Gasteiger partial charge in [-0.25, -0.2) is 4.39 Å². The van der Waals surface area contributed by atoms with E-state index >= 15 is 0 Å². The van der Waals surface area contributed by atoms with Gasteiger partial charge >= 0.3 is 0 Å². The second kappa shape index (κ2) is 9.60. The van der Waals surface area contributed by atoms with Crippen LogP contribution in [0.1, 0.15) is 23.7 Å². The van der Waals surface area contributed by atoms with E-state index in [-0.39, 0.29) is 17.6 Å². The molecule has 0 heterocycles. The van der Waals surface area contributed by atoms with Gasteiger partial charge in [0.05, 0.1) is 13.2 Å². The fraction of sp³-hybridized carbons (Fsp3) is 0.562. The van der Waals surface area contributed by atoms with Crippen molar-refractivity contribution in [3.05, 3.63) is 35.6 Å². The molecule has 21 heavy (non-hydrogen) atoms. The Hall–Kier alpha value is -1.30.